The van der Waals surface area contributed by atoms with E-state index in [1.54, 1.807) is 24.3 Å². The van der Waals surface area contributed by atoms with Crippen molar-refractivity contribution in [1.82, 2.24) is 0 Å². The summed E-state index contributed by atoms with van der Waals surface area (Å²) in [7, 11) is 0. The van der Waals surface area contributed by atoms with E-state index < -0.39 is 5.97 Å². The molecule has 0 saturated carbocycles. The van der Waals surface area contributed by atoms with Crippen LogP contribution < -0.4 is 4.74 Å². The van der Waals surface area contributed by atoms with E-state index in [0.717, 1.165) is 10.9 Å². The first-order chi connectivity index (χ1) is 11.0. The Hall–Kier alpha value is -2.95. The number of ether oxygens (including phenoxy) is 1. The van der Waals surface area contributed by atoms with E-state index in [9.17, 15) is 9.90 Å². The summed E-state index contributed by atoms with van der Waals surface area (Å²) in [6.45, 7) is 2.14. The highest BCUT2D eigenvalue weighted by Crippen LogP contribution is 2.27. The number of rotatable bonds is 5. The number of aliphatic carboxylic acids is 1. The molecule has 118 valence electrons. The fraction of sp³-hybridized carbons (Fsp3) is 0.167. The minimum atomic E-state index is -0.900. The second-order valence-corrected chi connectivity index (χ2v) is 5.41. The minimum absolute atomic E-state index is 0.0789. The van der Waals surface area contributed by atoms with Crippen molar-refractivity contribution in [3.8, 4) is 11.5 Å². The van der Waals surface area contributed by atoms with Gasteiger partial charge >= 0.3 is 5.97 Å². The second kappa shape index (κ2) is 6.04. The molecule has 2 N–H and O–H groups in total. The number of benzene rings is 2. The van der Waals surface area contributed by atoms with Gasteiger partial charge in [-0.05, 0) is 30.7 Å². The topological polar surface area (TPSA) is 79.9 Å². The third-order valence-corrected chi connectivity index (χ3v) is 3.60. The number of aryl methyl sites for hydroxylation is 1. The molecule has 5 heteroatoms. The van der Waals surface area contributed by atoms with Crippen LogP contribution >= 0.6 is 0 Å². The van der Waals surface area contributed by atoms with Gasteiger partial charge in [0, 0.05) is 22.6 Å². The zero-order valence-corrected chi connectivity index (χ0v) is 12.6. The summed E-state index contributed by atoms with van der Waals surface area (Å²) in [5.41, 5.74) is 2.89. The van der Waals surface area contributed by atoms with Crippen molar-refractivity contribution < 1.29 is 24.2 Å². The van der Waals surface area contributed by atoms with Crippen LogP contribution in [0.25, 0.3) is 11.0 Å². The Bertz CT molecular complexity index is 863. The molecule has 0 aliphatic heterocycles. The lowest BCUT2D eigenvalue weighted by molar-refractivity contribution is -0.136. The average Bonchev–Trinajstić information content (AvgIpc) is 2.88. The molecule has 0 aliphatic rings. The van der Waals surface area contributed by atoms with Crippen LogP contribution in [0, 0.1) is 6.92 Å². The molecule has 0 amide bonds. The summed E-state index contributed by atoms with van der Waals surface area (Å²) in [6, 6.07) is 10.7. The van der Waals surface area contributed by atoms with Crippen molar-refractivity contribution in [2.24, 2.45) is 0 Å². The lowest BCUT2D eigenvalue weighted by atomic mass is 10.1. The number of carboxylic acid groups (broad SMARTS) is 1. The van der Waals surface area contributed by atoms with Crippen LogP contribution in [0.2, 0.25) is 0 Å². The van der Waals surface area contributed by atoms with Crippen LogP contribution in [0.3, 0.4) is 0 Å². The molecule has 0 atom stereocenters. The zero-order valence-electron chi connectivity index (χ0n) is 12.6. The number of carboxylic acids is 1. The van der Waals surface area contributed by atoms with Gasteiger partial charge in [0.05, 0.1) is 12.7 Å². The summed E-state index contributed by atoms with van der Waals surface area (Å²) < 4.78 is 11.1. The Kier molecular flexibility index (Phi) is 3.93. The van der Waals surface area contributed by atoms with E-state index in [0.29, 0.717) is 22.5 Å². The molecule has 0 spiro atoms. The van der Waals surface area contributed by atoms with Crippen molar-refractivity contribution in [3.63, 3.8) is 0 Å². The van der Waals surface area contributed by atoms with Gasteiger partial charge in [0.25, 0.3) is 0 Å². The molecule has 1 aromatic heterocycles. The molecular formula is C18H16O5. The maximum Gasteiger partial charge on any atom is 0.307 e. The number of hydrogen-bond donors (Lipinski definition) is 2. The van der Waals surface area contributed by atoms with E-state index in [1.807, 2.05) is 19.1 Å². The number of carbonyl (C=O) groups is 1. The summed E-state index contributed by atoms with van der Waals surface area (Å²) >= 11 is 0. The first kappa shape index (κ1) is 15.0. The number of furan rings is 1. The van der Waals surface area contributed by atoms with Crippen LogP contribution in [0.5, 0.6) is 11.5 Å². The van der Waals surface area contributed by atoms with Gasteiger partial charge in [-0.15, -0.1) is 0 Å². The first-order valence-corrected chi connectivity index (χ1v) is 7.16. The van der Waals surface area contributed by atoms with Crippen molar-refractivity contribution in [3.05, 3.63) is 59.4 Å². The van der Waals surface area contributed by atoms with Crippen LogP contribution in [0.15, 0.2) is 47.1 Å². The minimum Gasteiger partial charge on any atom is -0.508 e. The molecular weight excluding hydrogens is 296 g/mol. The molecule has 5 nitrogen and oxygen atoms in total. The maximum absolute atomic E-state index is 10.8. The molecule has 0 bridgehead atoms. The monoisotopic (exact) mass is 312 g/mol. The van der Waals surface area contributed by atoms with Crippen molar-refractivity contribution in [2.75, 3.05) is 0 Å². The van der Waals surface area contributed by atoms with E-state index in [1.165, 1.54) is 6.26 Å². The van der Waals surface area contributed by atoms with Gasteiger partial charge in [0.2, 0.25) is 0 Å². The highest BCUT2D eigenvalue weighted by atomic mass is 16.5. The van der Waals surface area contributed by atoms with Crippen LogP contribution in [0.1, 0.15) is 16.7 Å². The predicted octanol–water partition coefficient (Wildman–Crippen LogP) is 3.65. The van der Waals surface area contributed by atoms with Crippen molar-refractivity contribution >= 4 is 16.9 Å². The van der Waals surface area contributed by atoms with Crippen molar-refractivity contribution in [2.45, 2.75) is 20.0 Å². The highest BCUT2D eigenvalue weighted by Gasteiger charge is 2.10. The molecule has 3 aromatic rings. The summed E-state index contributed by atoms with van der Waals surface area (Å²) in [4.78, 5) is 10.8. The summed E-state index contributed by atoms with van der Waals surface area (Å²) in [6.07, 6.45) is 1.37. The van der Waals surface area contributed by atoms with E-state index in [-0.39, 0.29) is 18.8 Å². The Morgan fingerprint density at radius 3 is 2.74 bits per heavy atom. The third-order valence-electron chi connectivity index (χ3n) is 3.60. The van der Waals surface area contributed by atoms with Crippen molar-refractivity contribution in [1.29, 1.82) is 0 Å². The summed E-state index contributed by atoms with van der Waals surface area (Å²) in [5, 5.41) is 19.5. The molecule has 0 unspecified atom stereocenters. The summed E-state index contributed by atoms with van der Waals surface area (Å²) in [5.74, 6) is -0.107. The van der Waals surface area contributed by atoms with Gasteiger partial charge in [0.15, 0.2) is 0 Å². The smallest absolute Gasteiger partial charge is 0.307 e. The fourth-order valence-electron chi connectivity index (χ4n) is 2.41. The lowest BCUT2D eigenvalue weighted by Crippen LogP contribution is -1.99. The van der Waals surface area contributed by atoms with Crippen LogP contribution in [-0.4, -0.2) is 16.2 Å². The molecule has 2 aromatic carbocycles. The zero-order chi connectivity index (χ0) is 16.4. The van der Waals surface area contributed by atoms with Gasteiger partial charge in [-0.25, -0.2) is 0 Å². The normalized spacial score (nSPS) is 10.8. The molecule has 23 heavy (non-hydrogen) atoms. The number of phenols is 1. The fourth-order valence-corrected chi connectivity index (χ4v) is 2.41. The number of fused-ring (bicyclic) bond motifs is 1. The van der Waals surface area contributed by atoms with Gasteiger partial charge in [-0.2, -0.15) is 0 Å². The van der Waals surface area contributed by atoms with Gasteiger partial charge in [-0.1, -0.05) is 12.1 Å². The number of phenolic OH excluding ortho intramolecular Hbond substituents is 1. The molecule has 0 fully saturated rings. The van der Waals surface area contributed by atoms with Crippen LogP contribution in [0.4, 0.5) is 0 Å². The molecule has 3 rings (SSSR count). The SMILES string of the molecule is Cc1ccc(COc2ccc3c(CC(=O)O)coc3c2)c(O)c1. The molecule has 1 heterocycles. The molecule has 0 saturated heterocycles. The first-order valence-electron chi connectivity index (χ1n) is 7.16. The molecule has 0 radical (unpaired) electrons. The average molecular weight is 312 g/mol. The quantitative estimate of drug-likeness (QED) is 0.751. The number of hydrogen-bond acceptors (Lipinski definition) is 4. The standard InChI is InChI=1S/C18H16O5/c1-11-2-3-12(16(19)6-11)9-22-14-4-5-15-13(7-18(20)21)10-23-17(15)8-14/h2-6,8,10,19H,7,9H2,1H3,(H,20,21). The Morgan fingerprint density at radius 1 is 1.17 bits per heavy atom. The second-order valence-electron chi connectivity index (χ2n) is 5.41. The predicted molar refractivity (Wildman–Crippen MR) is 84.7 cm³/mol. The Labute approximate surface area is 132 Å². The molecule has 0 aliphatic carbocycles. The Morgan fingerprint density at radius 2 is 2.00 bits per heavy atom. The van der Waals surface area contributed by atoms with Gasteiger partial charge in [0.1, 0.15) is 23.7 Å². The van der Waals surface area contributed by atoms with E-state index in [4.69, 9.17) is 14.3 Å². The number of aromatic hydroxyl groups is 1. The largest absolute Gasteiger partial charge is 0.508 e. The van der Waals surface area contributed by atoms with Crippen LogP contribution in [-0.2, 0) is 17.8 Å². The Balaban J connectivity index is 1.77. The maximum atomic E-state index is 10.8. The van der Waals surface area contributed by atoms with E-state index >= 15 is 0 Å². The van der Waals surface area contributed by atoms with E-state index in [2.05, 4.69) is 0 Å². The lowest BCUT2D eigenvalue weighted by Gasteiger charge is -2.08. The highest BCUT2D eigenvalue weighted by molar-refractivity contribution is 5.86. The third kappa shape index (κ3) is 3.29. The van der Waals surface area contributed by atoms with Gasteiger partial charge in [-0.3, -0.25) is 4.79 Å². The van der Waals surface area contributed by atoms with Gasteiger partial charge < -0.3 is 19.4 Å².